The first-order valence-corrected chi connectivity index (χ1v) is 7.65. The summed E-state index contributed by atoms with van der Waals surface area (Å²) in [6.45, 7) is 2.51. The highest BCUT2D eigenvalue weighted by atomic mass is 79.9. The summed E-state index contributed by atoms with van der Waals surface area (Å²) in [5, 5.41) is 9.46. The monoisotopic (exact) mass is 357 g/mol. The number of halogens is 1. The first-order chi connectivity index (χ1) is 10.7. The predicted molar refractivity (Wildman–Crippen MR) is 91.8 cm³/mol. The number of methoxy groups -OCH3 is 1. The highest BCUT2D eigenvalue weighted by Crippen LogP contribution is 2.28. The van der Waals surface area contributed by atoms with Gasteiger partial charge in [-0.25, -0.2) is 0 Å². The molecule has 3 nitrogen and oxygen atoms in total. The van der Waals surface area contributed by atoms with Gasteiger partial charge < -0.3 is 9.47 Å². The molecule has 4 heteroatoms. The van der Waals surface area contributed by atoms with Gasteiger partial charge in [-0.1, -0.05) is 15.9 Å². The smallest absolute Gasteiger partial charge is 0.126 e. The Bertz CT molecular complexity index is 715. The van der Waals surface area contributed by atoms with Gasteiger partial charge in [0.2, 0.25) is 0 Å². The Kier molecular flexibility index (Phi) is 5.62. The fourth-order valence-corrected chi connectivity index (χ4v) is 2.40. The second-order valence-corrected chi connectivity index (χ2v) is 5.43. The van der Waals surface area contributed by atoms with Crippen molar-refractivity contribution in [2.45, 2.75) is 6.92 Å². The van der Waals surface area contributed by atoms with Crippen molar-refractivity contribution >= 4 is 27.6 Å². The zero-order chi connectivity index (χ0) is 15.9. The molecule has 0 N–H and O–H groups in total. The molecule has 0 aliphatic rings. The largest absolute Gasteiger partial charge is 0.497 e. The van der Waals surface area contributed by atoms with Crippen LogP contribution in [0.15, 0.2) is 46.9 Å². The second-order valence-electron chi connectivity index (χ2n) is 4.51. The summed E-state index contributed by atoms with van der Waals surface area (Å²) in [6, 6.07) is 15.4. The average Bonchev–Trinajstić information content (AvgIpc) is 2.55. The van der Waals surface area contributed by atoms with E-state index in [1.807, 2.05) is 55.5 Å². The summed E-state index contributed by atoms with van der Waals surface area (Å²) < 4.78 is 11.7. The van der Waals surface area contributed by atoms with E-state index in [-0.39, 0.29) is 0 Å². The lowest BCUT2D eigenvalue weighted by Gasteiger charge is -2.08. The maximum Gasteiger partial charge on any atom is 0.126 e. The van der Waals surface area contributed by atoms with Crippen molar-refractivity contribution in [3.8, 4) is 17.6 Å². The number of hydrogen-bond donors (Lipinski definition) is 0. The molecule has 112 valence electrons. The zero-order valence-corrected chi connectivity index (χ0v) is 14.1. The van der Waals surface area contributed by atoms with Gasteiger partial charge >= 0.3 is 0 Å². The summed E-state index contributed by atoms with van der Waals surface area (Å²) in [5.74, 6) is 1.52. The fourth-order valence-electron chi connectivity index (χ4n) is 2.03. The van der Waals surface area contributed by atoms with Crippen LogP contribution in [0.5, 0.6) is 11.5 Å². The van der Waals surface area contributed by atoms with Crippen LogP contribution in [0.4, 0.5) is 0 Å². The molecule has 2 rings (SSSR count). The normalized spacial score (nSPS) is 10.9. The van der Waals surface area contributed by atoms with Gasteiger partial charge in [-0.05, 0) is 61.0 Å². The molecule has 0 saturated carbocycles. The molecular weight excluding hydrogens is 342 g/mol. The number of nitriles is 1. The lowest BCUT2D eigenvalue weighted by molar-refractivity contribution is 0.339. The Morgan fingerprint density at radius 3 is 2.55 bits per heavy atom. The van der Waals surface area contributed by atoms with Crippen LogP contribution in [0.3, 0.4) is 0 Å². The minimum Gasteiger partial charge on any atom is -0.497 e. The molecule has 0 aliphatic carbocycles. The van der Waals surface area contributed by atoms with Crippen LogP contribution in [0.1, 0.15) is 18.1 Å². The third kappa shape index (κ3) is 3.90. The standard InChI is InChI=1S/C18H16BrNO2/c1-3-22-18-9-6-16(19)11-14(18)10-15(12-20)13-4-7-17(21-2)8-5-13/h4-11H,3H2,1-2H3/b15-10+. The third-order valence-electron chi connectivity index (χ3n) is 3.09. The first kappa shape index (κ1) is 16.1. The lowest BCUT2D eigenvalue weighted by atomic mass is 10.0. The number of rotatable bonds is 5. The van der Waals surface area contributed by atoms with E-state index in [0.717, 1.165) is 27.1 Å². The van der Waals surface area contributed by atoms with Crippen LogP contribution in [0.2, 0.25) is 0 Å². The number of nitrogens with zero attached hydrogens (tertiary/aromatic N) is 1. The lowest BCUT2D eigenvalue weighted by Crippen LogP contribution is -1.94. The molecule has 0 fully saturated rings. The Morgan fingerprint density at radius 2 is 1.95 bits per heavy atom. The van der Waals surface area contributed by atoms with E-state index in [4.69, 9.17) is 9.47 Å². The van der Waals surface area contributed by atoms with Crippen molar-refractivity contribution in [2.75, 3.05) is 13.7 Å². The average molecular weight is 358 g/mol. The van der Waals surface area contributed by atoms with Crippen molar-refractivity contribution in [3.63, 3.8) is 0 Å². The molecule has 0 aliphatic heterocycles. The minimum atomic E-state index is 0.571. The highest BCUT2D eigenvalue weighted by Gasteiger charge is 2.06. The van der Waals surface area contributed by atoms with E-state index in [9.17, 15) is 5.26 Å². The molecule has 2 aromatic carbocycles. The quantitative estimate of drug-likeness (QED) is 0.563. The fraction of sp³-hybridized carbons (Fsp3) is 0.167. The highest BCUT2D eigenvalue weighted by molar-refractivity contribution is 9.10. The zero-order valence-electron chi connectivity index (χ0n) is 12.5. The van der Waals surface area contributed by atoms with Gasteiger partial charge in [0.1, 0.15) is 11.5 Å². The van der Waals surface area contributed by atoms with Crippen molar-refractivity contribution in [1.29, 1.82) is 5.26 Å². The maximum atomic E-state index is 9.46. The van der Waals surface area contributed by atoms with Crippen LogP contribution in [-0.4, -0.2) is 13.7 Å². The van der Waals surface area contributed by atoms with E-state index in [2.05, 4.69) is 22.0 Å². The van der Waals surface area contributed by atoms with Crippen molar-refractivity contribution in [2.24, 2.45) is 0 Å². The number of benzene rings is 2. The van der Waals surface area contributed by atoms with Gasteiger partial charge in [0, 0.05) is 10.0 Å². The molecule has 0 heterocycles. The van der Waals surface area contributed by atoms with Crippen LogP contribution in [0.25, 0.3) is 11.6 Å². The van der Waals surface area contributed by atoms with E-state index in [0.29, 0.717) is 12.2 Å². The summed E-state index contributed by atoms with van der Waals surface area (Å²) >= 11 is 3.45. The summed E-state index contributed by atoms with van der Waals surface area (Å²) in [5.41, 5.74) is 2.27. The van der Waals surface area contributed by atoms with Crippen molar-refractivity contribution < 1.29 is 9.47 Å². The molecule has 0 bridgehead atoms. The Hall–Kier alpha value is -2.25. The third-order valence-corrected chi connectivity index (χ3v) is 3.59. The first-order valence-electron chi connectivity index (χ1n) is 6.86. The molecule has 22 heavy (non-hydrogen) atoms. The number of allylic oxidation sites excluding steroid dienone is 1. The maximum absolute atomic E-state index is 9.46. The second kappa shape index (κ2) is 7.67. The van der Waals surface area contributed by atoms with Crippen LogP contribution >= 0.6 is 15.9 Å². The SMILES string of the molecule is CCOc1ccc(Br)cc1/C=C(\C#N)c1ccc(OC)cc1. The molecule has 0 saturated heterocycles. The predicted octanol–water partition coefficient (Wildman–Crippen LogP) is 4.92. The van der Waals surface area contributed by atoms with Gasteiger partial charge in [0.05, 0.1) is 25.4 Å². The summed E-state index contributed by atoms with van der Waals surface area (Å²) in [4.78, 5) is 0. The van der Waals surface area contributed by atoms with Gasteiger partial charge in [0.25, 0.3) is 0 Å². The van der Waals surface area contributed by atoms with Gasteiger partial charge in [-0.3, -0.25) is 0 Å². The molecule has 0 amide bonds. The van der Waals surface area contributed by atoms with Crippen LogP contribution in [0, 0.1) is 11.3 Å². The Balaban J connectivity index is 2.44. The molecule has 0 radical (unpaired) electrons. The molecule has 0 atom stereocenters. The van der Waals surface area contributed by atoms with E-state index in [1.54, 1.807) is 7.11 Å². The Labute approximate surface area is 138 Å². The van der Waals surface area contributed by atoms with Crippen LogP contribution in [-0.2, 0) is 0 Å². The number of ether oxygens (including phenoxy) is 2. The van der Waals surface area contributed by atoms with E-state index < -0.39 is 0 Å². The molecule has 0 spiro atoms. The van der Waals surface area contributed by atoms with Crippen LogP contribution < -0.4 is 9.47 Å². The molecule has 2 aromatic rings. The summed E-state index contributed by atoms with van der Waals surface area (Å²) in [6.07, 6.45) is 1.83. The van der Waals surface area contributed by atoms with Crippen molar-refractivity contribution in [3.05, 3.63) is 58.1 Å². The minimum absolute atomic E-state index is 0.571. The van der Waals surface area contributed by atoms with E-state index in [1.165, 1.54) is 0 Å². The van der Waals surface area contributed by atoms with Gasteiger partial charge in [-0.2, -0.15) is 5.26 Å². The van der Waals surface area contributed by atoms with Gasteiger partial charge in [-0.15, -0.1) is 0 Å². The van der Waals surface area contributed by atoms with E-state index >= 15 is 0 Å². The number of hydrogen-bond acceptors (Lipinski definition) is 3. The van der Waals surface area contributed by atoms with Crippen molar-refractivity contribution in [1.82, 2.24) is 0 Å². The topological polar surface area (TPSA) is 42.2 Å². The molecule has 0 aromatic heterocycles. The Morgan fingerprint density at radius 1 is 1.23 bits per heavy atom. The molecular formula is C18H16BrNO2. The van der Waals surface area contributed by atoms with Gasteiger partial charge in [0.15, 0.2) is 0 Å². The molecule has 0 unspecified atom stereocenters. The summed E-state index contributed by atoms with van der Waals surface area (Å²) in [7, 11) is 1.62.